The highest BCUT2D eigenvalue weighted by molar-refractivity contribution is 5.87. The molecule has 0 spiro atoms. The Bertz CT molecular complexity index is 820. The van der Waals surface area contributed by atoms with Crippen LogP contribution in [-0.4, -0.2) is 36.7 Å². The third kappa shape index (κ3) is 2.88. The summed E-state index contributed by atoms with van der Waals surface area (Å²) in [5.41, 5.74) is 3.17. The highest BCUT2D eigenvalue weighted by Gasteiger charge is 2.44. The van der Waals surface area contributed by atoms with E-state index in [1.807, 2.05) is 42.5 Å². The molecular weight excluding hydrogens is 330 g/mol. The zero-order chi connectivity index (χ0) is 18.1. The van der Waals surface area contributed by atoms with Crippen molar-refractivity contribution in [3.63, 3.8) is 0 Å². The highest BCUT2D eigenvalue weighted by atomic mass is 16.5. The van der Waals surface area contributed by atoms with Crippen LogP contribution >= 0.6 is 0 Å². The van der Waals surface area contributed by atoms with Crippen LogP contribution in [0.25, 0.3) is 0 Å². The van der Waals surface area contributed by atoms with E-state index in [1.165, 1.54) is 12.7 Å². The van der Waals surface area contributed by atoms with Gasteiger partial charge in [0.1, 0.15) is 6.73 Å². The Morgan fingerprint density at radius 3 is 2.65 bits per heavy atom. The summed E-state index contributed by atoms with van der Waals surface area (Å²) in [4.78, 5) is 27.1. The Morgan fingerprint density at radius 1 is 1.15 bits per heavy atom. The molecule has 2 aromatic rings. The fraction of sp³-hybridized carbons (Fsp3) is 0.333. The number of carbonyl (C=O) groups is 2. The Morgan fingerprint density at radius 2 is 1.88 bits per heavy atom. The summed E-state index contributed by atoms with van der Waals surface area (Å²) in [7, 11) is 1.35. The van der Waals surface area contributed by atoms with Crippen LogP contribution in [0.15, 0.2) is 54.6 Å². The summed E-state index contributed by atoms with van der Waals surface area (Å²) < 4.78 is 10.8. The van der Waals surface area contributed by atoms with E-state index in [0.29, 0.717) is 0 Å². The molecule has 5 nitrogen and oxygen atoms in total. The topological polar surface area (TPSA) is 55.8 Å². The molecule has 0 bridgehead atoms. The number of ether oxygens (including phenoxy) is 2. The van der Waals surface area contributed by atoms with Gasteiger partial charge in [0.2, 0.25) is 5.91 Å². The van der Waals surface area contributed by atoms with E-state index in [0.717, 1.165) is 17.5 Å². The maximum Gasteiger partial charge on any atom is 0.313 e. The number of benzene rings is 2. The number of amides is 1. The zero-order valence-corrected chi connectivity index (χ0v) is 14.6. The van der Waals surface area contributed by atoms with Gasteiger partial charge >= 0.3 is 5.97 Å². The molecular formula is C21H21NO4. The molecule has 1 aliphatic heterocycles. The first-order chi connectivity index (χ1) is 12.7. The molecule has 26 heavy (non-hydrogen) atoms. The Balaban J connectivity index is 1.56. The normalized spacial score (nSPS) is 21.8. The average Bonchev–Trinajstić information content (AvgIpc) is 3.25. The molecule has 0 radical (unpaired) electrons. The van der Waals surface area contributed by atoms with Crippen molar-refractivity contribution in [1.29, 1.82) is 0 Å². The molecule has 1 unspecified atom stereocenters. The summed E-state index contributed by atoms with van der Waals surface area (Å²) >= 11 is 0. The average molecular weight is 351 g/mol. The monoisotopic (exact) mass is 351 g/mol. The minimum absolute atomic E-state index is 0.00431. The molecule has 5 heteroatoms. The molecule has 2 aliphatic rings. The van der Waals surface area contributed by atoms with Gasteiger partial charge in [-0.3, -0.25) is 9.59 Å². The van der Waals surface area contributed by atoms with Gasteiger partial charge in [0.25, 0.3) is 0 Å². The van der Waals surface area contributed by atoms with Crippen molar-refractivity contribution in [3.8, 4) is 0 Å². The lowest BCUT2D eigenvalue weighted by Crippen LogP contribution is -2.34. The van der Waals surface area contributed by atoms with Crippen molar-refractivity contribution >= 4 is 11.9 Å². The van der Waals surface area contributed by atoms with E-state index in [1.54, 1.807) is 4.90 Å². The molecule has 1 heterocycles. The zero-order valence-electron chi connectivity index (χ0n) is 14.6. The molecule has 1 saturated heterocycles. The van der Waals surface area contributed by atoms with Crippen molar-refractivity contribution in [2.45, 2.75) is 30.9 Å². The first-order valence-corrected chi connectivity index (χ1v) is 8.80. The largest absolute Gasteiger partial charge is 0.469 e. The molecule has 2 aromatic carbocycles. The van der Waals surface area contributed by atoms with Crippen LogP contribution in [-0.2, 0) is 25.5 Å². The molecule has 0 N–H and O–H groups in total. The van der Waals surface area contributed by atoms with Gasteiger partial charge in [0, 0.05) is 12.8 Å². The third-order valence-electron chi connectivity index (χ3n) is 5.30. The second-order valence-corrected chi connectivity index (χ2v) is 6.74. The quantitative estimate of drug-likeness (QED) is 0.795. The number of carbonyl (C=O) groups excluding carboxylic acids is 2. The van der Waals surface area contributed by atoms with Crippen molar-refractivity contribution in [2.75, 3.05) is 13.8 Å². The molecule has 0 saturated carbocycles. The molecule has 134 valence electrons. The standard InChI is InChI=1S/C21H21NO4/c1-25-21(24)17(14-7-3-2-4-8-14)12-19(23)22-13-26-18-11-15-9-5-6-10-16(15)20(18)22/h2-10,17-18,20H,11-13H2,1H3/t17?,18-,20+/m0/s1. The van der Waals surface area contributed by atoms with Crippen LogP contribution < -0.4 is 0 Å². The number of fused-ring (bicyclic) bond motifs is 3. The lowest BCUT2D eigenvalue weighted by Gasteiger charge is -2.24. The van der Waals surface area contributed by atoms with Crippen LogP contribution in [0.4, 0.5) is 0 Å². The highest BCUT2D eigenvalue weighted by Crippen LogP contribution is 2.42. The maximum absolute atomic E-state index is 13.0. The van der Waals surface area contributed by atoms with Crippen molar-refractivity contribution in [2.24, 2.45) is 0 Å². The predicted molar refractivity (Wildman–Crippen MR) is 95.3 cm³/mol. The van der Waals surface area contributed by atoms with Crippen LogP contribution in [0.2, 0.25) is 0 Å². The second kappa shape index (κ2) is 6.92. The molecule has 3 atom stereocenters. The smallest absolute Gasteiger partial charge is 0.313 e. The van der Waals surface area contributed by atoms with E-state index < -0.39 is 11.9 Å². The van der Waals surface area contributed by atoms with Crippen LogP contribution in [0.1, 0.15) is 35.1 Å². The summed E-state index contributed by atoms with van der Waals surface area (Å²) in [6, 6.07) is 17.4. The van der Waals surface area contributed by atoms with Gasteiger partial charge in [-0.1, -0.05) is 54.6 Å². The number of nitrogens with zero attached hydrogens (tertiary/aromatic N) is 1. The van der Waals surface area contributed by atoms with E-state index in [-0.39, 0.29) is 31.2 Å². The lowest BCUT2D eigenvalue weighted by molar-refractivity contribution is -0.146. The minimum atomic E-state index is -0.607. The van der Waals surface area contributed by atoms with Crippen LogP contribution in [0, 0.1) is 0 Å². The van der Waals surface area contributed by atoms with E-state index in [2.05, 4.69) is 12.1 Å². The third-order valence-corrected chi connectivity index (χ3v) is 5.30. The van der Waals surface area contributed by atoms with E-state index in [9.17, 15) is 9.59 Å². The van der Waals surface area contributed by atoms with Crippen molar-refractivity contribution in [1.82, 2.24) is 4.90 Å². The number of rotatable bonds is 4. The minimum Gasteiger partial charge on any atom is -0.469 e. The van der Waals surface area contributed by atoms with E-state index in [4.69, 9.17) is 9.47 Å². The molecule has 1 amide bonds. The van der Waals surface area contributed by atoms with Gasteiger partial charge in [-0.05, 0) is 16.7 Å². The lowest BCUT2D eigenvalue weighted by atomic mass is 9.94. The van der Waals surface area contributed by atoms with Gasteiger partial charge in [-0.25, -0.2) is 0 Å². The van der Waals surface area contributed by atoms with Gasteiger partial charge in [-0.15, -0.1) is 0 Å². The van der Waals surface area contributed by atoms with Crippen LogP contribution in [0.3, 0.4) is 0 Å². The van der Waals surface area contributed by atoms with Gasteiger partial charge < -0.3 is 14.4 Å². The number of hydrogen-bond acceptors (Lipinski definition) is 4. The SMILES string of the molecule is COC(=O)C(CC(=O)N1CO[C@H]2Cc3ccccc3[C@H]21)c1ccccc1. The Hall–Kier alpha value is -2.66. The van der Waals surface area contributed by atoms with Crippen LogP contribution in [0.5, 0.6) is 0 Å². The second-order valence-electron chi connectivity index (χ2n) is 6.74. The summed E-state index contributed by atoms with van der Waals surface area (Å²) in [5.74, 6) is -1.09. The van der Waals surface area contributed by atoms with Crippen molar-refractivity contribution in [3.05, 3.63) is 71.3 Å². The Labute approximate surface area is 152 Å². The maximum atomic E-state index is 13.0. The molecule has 1 aliphatic carbocycles. The summed E-state index contributed by atoms with van der Waals surface area (Å²) in [6.45, 7) is 0.269. The number of esters is 1. The number of methoxy groups -OCH3 is 1. The van der Waals surface area contributed by atoms with E-state index >= 15 is 0 Å². The first kappa shape index (κ1) is 16.8. The molecule has 1 fully saturated rings. The predicted octanol–water partition coefficient (Wildman–Crippen LogP) is 2.82. The first-order valence-electron chi connectivity index (χ1n) is 8.80. The van der Waals surface area contributed by atoms with Gasteiger partial charge in [-0.2, -0.15) is 0 Å². The van der Waals surface area contributed by atoms with Crippen molar-refractivity contribution < 1.29 is 19.1 Å². The summed E-state index contributed by atoms with van der Waals surface area (Å²) in [5, 5.41) is 0. The Kier molecular flexibility index (Phi) is 4.47. The summed E-state index contributed by atoms with van der Waals surface area (Å²) in [6.07, 6.45) is 0.902. The fourth-order valence-corrected chi connectivity index (χ4v) is 4.00. The fourth-order valence-electron chi connectivity index (χ4n) is 4.00. The number of hydrogen-bond donors (Lipinski definition) is 0. The molecule has 0 aromatic heterocycles. The van der Waals surface area contributed by atoms with Gasteiger partial charge in [0.05, 0.1) is 25.2 Å². The van der Waals surface area contributed by atoms with Gasteiger partial charge in [0.15, 0.2) is 0 Å². The molecule has 4 rings (SSSR count).